The fourth-order valence-corrected chi connectivity index (χ4v) is 4.52. The molecule has 3 aromatic rings. The molecule has 1 aliphatic rings. The highest BCUT2D eigenvalue weighted by Crippen LogP contribution is 2.35. The van der Waals surface area contributed by atoms with E-state index in [1.54, 1.807) is 7.11 Å². The Morgan fingerprint density at radius 2 is 1.81 bits per heavy atom. The van der Waals surface area contributed by atoms with E-state index < -0.39 is 0 Å². The Morgan fingerprint density at radius 1 is 1.09 bits per heavy atom. The fourth-order valence-electron chi connectivity index (χ4n) is 4.39. The molecule has 0 spiro atoms. The molecule has 5 nitrogen and oxygen atoms in total. The van der Waals surface area contributed by atoms with E-state index in [9.17, 15) is 0 Å². The topological polar surface area (TPSA) is 49.4 Å². The lowest BCUT2D eigenvalue weighted by Gasteiger charge is -2.37. The van der Waals surface area contributed by atoms with E-state index in [0.717, 1.165) is 59.0 Å². The molecule has 0 atom stereocenters. The quantitative estimate of drug-likeness (QED) is 0.490. The number of nitrogens with zero attached hydrogens (tertiary/aromatic N) is 2. The number of para-hydroxylation sites is 1. The van der Waals surface area contributed by atoms with Crippen molar-refractivity contribution in [2.75, 3.05) is 30.4 Å². The van der Waals surface area contributed by atoms with E-state index in [2.05, 4.69) is 48.4 Å². The highest BCUT2D eigenvalue weighted by Gasteiger charge is 2.24. The number of anilines is 2. The molecular formula is C26H33ClN4O. The highest BCUT2D eigenvalue weighted by molar-refractivity contribution is 6.30. The van der Waals surface area contributed by atoms with Crippen molar-refractivity contribution in [1.82, 2.24) is 10.3 Å². The number of piperidine rings is 1. The number of hydrogen-bond acceptors (Lipinski definition) is 5. The van der Waals surface area contributed by atoms with Gasteiger partial charge in [0.2, 0.25) is 0 Å². The number of fused-ring (bicyclic) bond motifs is 1. The van der Waals surface area contributed by atoms with Gasteiger partial charge < -0.3 is 20.3 Å². The summed E-state index contributed by atoms with van der Waals surface area (Å²) < 4.78 is 5.64. The number of methoxy groups -OCH3 is 1. The summed E-state index contributed by atoms with van der Waals surface area (Å²) in [5.74, 6) is 1.64. The summed E-state index contributed by atoms with van der Waals surface area (Å²) in [7, 11) is 1.70. The Labute approximate surface area is 196 Å². The zero-order chi connectivity index (χ0) is 22.7. The van der Waals surface area contributed by atoms with Gasteiger partial charge in [0.25, 0.3) is 0 Å². The van der Waals surface area contributed by atoms with E-state index in [0.29, 0.717) is 12.6 Å². The van der Waals surface area contributed by atoms with Gasteiger partial charge in [-0.25, -0.2) is 4.98 Å². The largest absolute Gasteiger partial charge is 0.494 e. The van der Waals surface area contributed by atoms with Crippen LogP contribution < -0.4 is 20.3 Å². The van der Waals surface area contributed by atoms with Crippen LogP contribution in [-0.4, -0.2) is 36.8 Å². The van der Waals surface area contributed by atoms with Crippen LogP contribution in [0.3, 0.4) is 0 Å². The maximum atomic E-state index is 6.02. The van der Waals surface area contributed by atoms with Crippen LogP contribution in [-0.2, 0) is 6.54 Å². The molecule has 2 N–H and O–H groups in total. The number of benzene rings is 2. The Hall–Kier alpha value is -2.50. The minimum Gasteiger partial charge on any atom is -0.494 e. The SMILES string of the molecule is COc1cccc2c(N3CCC(NC(C)(C)C)CC3)cc(NCc3ccc(Cl)cc3)nc12. The van der Waals surface area contributed by atoms with Crippen LogP contribution in [0.15, 0.2) is 48.5 Å². The molecule has 4 rings (SSSR count). The predicted octanol–water partition coefficient (Wildman–Crippen LogP) is 5.87. The minimum atomic E-state index is 0.141. The second-order valence-electron chi connectivity index (χ2n) is 9.52. The summed E-state index contributed by atoms with van der Waals surface area (Å²) >= 11 is 6.02. The maximum Gasteiger partial charge on any atom is 0.145 e. The number of halogens is 1. The maximum absolute atomic E-state index is 6.02. The van der Waals surface area contributed by atoms with E-state index in [1.807, 2.05) is 36.4 Å². The summed E-state index contributed by atoms with van der Waals surface area (Å²) in [6.07, 6.45) is 2.25. The Bertz CT molecular complexity index is 1050. The van der Waals surface area contributed by atoms with Crippen molar-refractivity contribution in [1.29, 1.82) is 0 Å². The lowest BCUT2D eigenvalue weighted by Crippen LogP contribution is -2.49. The number of nitrogens with one attached hydrogen (secondary N) is 2. The molecule has 1 aliphatic heterocycles. The molecule has 0 amide bonds. The van der Waals surface area contributed by atoms with Gasteiger partial charge in [-0.2, -0.15) is 0 Å². The summed E-state index contributed by atoms with van der Waals surface area (Å²) in [6.45, 7) is 9.42. The first-order valence-electron chi connectivity index (χ1n) is 11.3. The Kier molecular flexibility index (Phi) is 6.77. The van der Waals surface area contributed by atoms with Gasteiger partial charge in [0.15, 0.2) is 0 Å². The first-order chi connectivity index (χ1) is 15.3. The molecule has 170 valence electrons. The lowest BCUT2D eigenvalue weighted by atomic mass is 9.99. The standard InChI is InChI=1S/C26H33ClN4O/c1-26(2,3)30-20-12-14-31(15-13-20)22-16-24(28-17-18-8-10-19(27)11-9-18)29-25-21(22)6-5-7-23(25)32-4/h5-11,16,20,30H,12-15,17H2,1-4H3,(H,28,29). The molecule has 0 unspecified atom stereocenters. The van der Waals surface area contributed by atoms with Crippen molar-refractivity contribution in [3.8, 4) is 5.75 Å². The van der Waals surface area contributed by atoms with Crippen LogP contribution in [0, 0.1) is 0 Å². The second kappa shape index (κ2) is 9.55. The van der Waals surface area contributed by atoms with Crippen LogP contribution in [0.1, 0.15) is 39.2 Å². The van der Waals surface area contributed by atoms with E-state index in [-0.39, 0.29) is 5.54 Å². The molecule has 6 heteroatoms. The van der Waals surface area contributed by atoms with Crippen LogP contribution in [0.4, 0.5) is 11.5 Å². The van der Waals surface area contributed by atoms with E-state index >= 15 is 0 Å². The number of ether oxygens (including phenoxy) is 1. The summed E-state index contributed by atoms with van der Waals surface area (Å²) in [6, 6.07) is 16.8. The van der Waals surface area contributed by atoms with Gasteiger partial charge in [-0.15, -0.1) is 0 Å². The van der Waals surface area contributed by atoms with Crippen molar-refractivity contribution in [3.05, 3.63) is 59.1 Å². The molecule has 1 aromatic heterocycles. The third-order valence-electron chi connectivity index (χ3n) is 5.86. The number of aromatic nitrogens is 1. The van der Waals surface area contributed by atoms with Crippen molar-refractivity contribution in [2.45, 2.75) is 51.7 Å². The van der Waals surface area contributed by atoms with Crippen molar-refractivity contribution in [3.63, 3.8) is 0 Å². The van der Waals surface area contributed by atoms with E-state index in [1.165, 1.54) is 5.69 Å². The van der Waals surface area contributed by atoms with Gasteiger partial charge in [0.1, 0.15) is 17.1 Å². The third-order valence-corrected chi connectivity index (χ3v) is 6.11. The van der Waals surface area contributed by atoms with Gasteiger partial charge >= 0.3 is 0 Å². The monoisotopic (exact) mass is 452 g/mol. The average Bonchev–Trinajstić information content (AvgIpc) is 2.77. The number of rotatable bonds is 6. The molecule has 1 fully saturated rings. The molecule has 0 saturated carbocycles. The summed E-state index contributed by atoms with van der Waals surface area (Å²) in [4.78, 5) is 7.38. The molecule has 0 radical (unpaired) electrons. The van der Waals surface area contributed by atoms with Crippen LogP contribution in [0.25, 0.3) is 10.9 Å². The molecule has 0 aliphatic carbocycles. The Morgan fingerprint density at radius 3 is 2.47 bits per heavy atom. The first kappa shape index (κ1) is 22.7. The first-order valence-corrected chi connectivity index (χ1v) is 11.7. The molecule has 32 heavy (non-hydrogen) atoms. The molecule has 2 heterocycles. The van der Waals surface area contributed by atoms with Gasteiger partial charge in [0, 0.05) is 53.4 Å². The van der Waals surface area contributed by atoms with E-state index in [4.69, 9.17) is 21.3 Å². The Balaban J connectivity index is 1.60. The molecule has 0 bridgehead atoms. The van der Waals surface area contributed by atoms with Gasteiger partial charge in [-0.05, 0) is 57.4 Å². The number of hydrogen-bond donors (Lipinski definition) is 2. The number of pyridine rings is 1. The zero-order valence-corrected chi connectivity index (χ0v) is 20.2. The zero-order valence-electron chi connectivity index (χ0n) is 19.4. The van der Waals surface area contributed by atoms with Crippen LogP contribution in [0.5, 0.6) is 5.75 Å². The average molecular weight is 453 g/mol. The van der Waals surface area contributed by atoms with Gasteiger partial charge in [-0.1, -0.05) is 35.9 Å². The molecule has 2 aromatic carbocycles. The van der Waals surface area contributed by atoms with Gasteiger partial charge in [0.05, 0.1) is 7.11 Å². The fraction of sp³-hybridized carbons (Fsp3) is 0.423. The lowest BCUT2D eigenvalue weighted by molar-refractivity contribution is 0.317. The summed E-state index contributed by atoms with van der Waals surface area (Å²) in [5, 5.41) is 9.13. The van der Waals surface area contributed by atoms with Crippen molar-refractivity contribution < 1.29 is 4.74 Å². The predicted molar refractivity (Wildman–Crippen MR) is 135 cm³/mol. The van der Waals surface area contributed by atoms with Crippen molar-refractivity contribution >= 4 is 34.0 Å². The smallest absolute Gasteiger partial charge is 0.145 e. The van der Waals surface area contributed by atoms with Crippen molar-refractivity contribution in [2.24, 2.45) is 0 Å². The molecule has 1 saturated heterocycles. The molecular weight excluding hydrogens is 420 g/mol. The normalized spacial score (nSPS) is 15.2. The van der Waals surface area contributed by atoms with Crippen LogP contribution >= 0.6 is 11.6 Å². The van der Waals surface area contributed by atoms with Crippen LogP contribution in [0.2, 0.25) is 5.02 Å². The van der Waals surface area contributed by atoms with Gasteiger partial charge in [-0.3, -0.25) is 0 Å². The minimum absolute atomic E-state index is 0.141. The summed E-state index contributed by atoms with van der Waals surface area (Å²) in [5.41, 5.74) is 3.40. The highest BCUT2D eigenvalue weighted by atomic mass is 35.5. The second-order valence-corrected chi connectivity index (χ2v) is 9.96. The third kappa shape index (κ3) is 5.45.